The molecule has 0 saturated heterocycles. The van der Waals surface area contributed by atoms with E-state index in [4.69, 9.17) is 19.5 Å². The van der Waals surface area contributed by atoms with E-state index in [1.165, 1.54) is 14.2 Å². The summed E-state index contributed by atoms with van der Waals surface area (Å²) in [6.07, 6.45) is 0.921. The Labute approximate surface area is 216 Å². The van der Waals surface area contributed by atoms with E-state index in [0.717, 1.165) is 23.2 Å². The number of nitrogens with zero attached hydrogens (tertiary/aromatic N) is 3. The lowest BCUT2D eigenvalue weighted by atomic mass is 9.96. The van der Waals surface area contributed by atoms with Crippen molar-refractivity contribution < 1.29 is 24.5 Å². The van der Waals surface area contributed by atoms with Crippen LogP contribution in [-0.2, 0) is 16.9 Å². The minimum absolute atomic E-state index is 0.152. The zero-order valence-electron chi connectivity index (χ0n) is 21.4. The Kier molecular flexibility index (Phi) is 7.47. The largest absolute Gasteiger partial charge is 0.502 e. The number of rotatable bonds is 10. The molecular formula is C29H31N3O5. The van der Waals surface area contributed by atoms with Crippen LogP contribution in [0.3, 0.4) is 0 Å². The Bertz CT molecular complexity index is 1310. The van der Waals surface area contributed by atoms with Crippen LogP contribution >= 0.6 is 0 Å². The van der Waals surface area contributed by atoms with Gasteiger partial charge in [0.15, 0.2) is 17.2 Å². The van der Waals surface area contributed by atoms with Gasteiger partial charge in [-0.25, -0.2) is 4.99 Å². The van der Waals surface area contributed by atoms with E-state index in [1.54, 1.807) is 12.1 Å². The Hall–Kier alpha value is -4.33. The number of aliphatic imine (C=N–C) groups is 2. The lowest BCUT2D eigenvalue weighted by Gasteiger charge is -2.23. The maximum atomic E-state index is 12.1. The molecule has 0 saturated carbocycles. The van der Waals surface area contributed by atoms with E-state index >= 15 is 0 Å². The molecule has 0 aromatic heterocycles. The molecule has 0 bridgehead atoms. The van der Waals surface area contributed by atoms with Crippen LogP contribution in [0.2, 0.25) is 0 Å². The molecule has 0 amide bonds. The van der Waals surface area contributed by atoms with E-state index in [2.05, 4.69) is 12.1 Å². The van der Waals surface area contributed by atoms with Crippen molar-refractivity contribution in [1.29, 1.82) is 0 Å². The minimum atomic E-state index is -1.44. The monoisotopic (exact) mass is 501 g/mol. The number of carboxylic acids is 1. The number of aryl methyl sites for hydroxylation is 1. The first-order valence-electron chi connectivity index (χ1n) is 11.9. The highest BCUT2D eigenvalue weighted by Crippen LogP contribution is 2.45. The number of aliphatic carboxylic acids is 1. The molecule has 3 aromatic rings. The fraction of sp³-hybridized carbons (Fsp3) is 0.276. The van der Waals surface area contributed by atoms with Gasteiger partial charge in [0.2, 0.25) is 5.75 Å². The van der Waals surface area contributed by atoms with Crippen LogP contribution in [-0.4, -0.2) is 55.9 Å². The van der Waals surface area contributed by atoms with Gasteiger partial charge in [0.1, 0.15) is 0 Å². The Morgan fingerprint density at radius 2 is 1.54 bits per heavy atom. The van der Waals surface area contributed by atoms with Gasteiger partial charge < -0.3 is 24.6 Å². The number of hydrogen-bond donors (Lipinski definition) is 2. The molecule has 0 aliphatic carbocycles. The molecule has 0 spiro atoms. The molecule has 1 aliphatic heterocycles. The van der Waals surface area contributed by atoms with Crippen molar-refractivity contribution in [2.45, 2.75) is 24.9 Å². The van der Waals surface area contributed by atoms with Crippen molar-refractivity contribution in [3.8, 4) is 17.2 Å². The Balaban J connectivity index is 1.86. The molecule has 8 nitrogen and oxygen atoms in total. The third kappa shape index (κ3) is 5.43. The molecule has 1 atom stereocenters. The molecule has 37 heavy (non-hydrogen) atoms. The second-order valence-corrected chi connectivity index (χ2v) is 9.06. The average molecular weight is 502 g/mol. The van der Waals surface area contributed by atoms with E-state index in [0.29, 0.717) is 23.4 Å². The second-order valence-electron chi connectivity index (χ2n) is 9.06. The van der Waals surface area contributed by atoms with Gasteiger partial charge in [-0.3, -0.25) is 9.79 Å². The number of benzene rings is 3. The Morgan fingerprint density at radius 1 is 0.919 bits per heavy atom. The maximum Gasteiger partial charge on any atom is 0.308 e. The molecule has 2 N–H and O–H groups in total. The van der Waals surface area contributed by atoms with Crippen LogP contribution in [0.4, 0.5) is 5.69 Å². The maximum absolute atomic E-state index is 12.1. The predicted octanol–water partition coefficient (Wildman–Crippen LogP) is 4.68. The first-order chi connectivity index (χ1) is 17.8. The zero-order chi connectivity index (χ0) is 26.6. The summed E-state index contributed by atoms with van der Waals surface area (Å²) in [5, 5.41) is 20.3. The van der Waals surface area contributed by atoms with Gasteiger partial charge in [-0.1, -0.05) is 42.5 Å². The van der Waals surface area contributed by atoms with Crippen LogP contribution in [0.15, 0.2) is 76.7 Å². The number of anilines is 1. The summed E-state index contributed by atoms with van der Waals surface area (Å²) < 4.78 is 10.7. The van der Waals surface area contributed by atoms with Gasteiger partial charge in [0, 0.05) is 30.9 Å². The molecule has 1 aliphatic rings. The van der Waals surface area contributed by atoms with Crippen molar-refractivity contribution in [2.24, 2.45) is 9.98 Å². The van der Waals surface area contributed by atoms with Gasteiger partial charge in [0.05, 0.1) is 32.1 Å². The highest BCUT2D eigenvalue weighted by molar-refractivity contribution is 6.49. The fourth-order valence-corrected chi connectivity index (χ4v) is 4.43. The number of phenolic OH excluding ortho intramolecular Hbond substituents is 1. The van der Waals surface area contributed by atoms with E-state index in [9.17, 15) is 15.0 Å². The number of methoxy groups -OCH3 is 2. The summed E-state index contributed by atoms with van der Waals surface area (Å²) in [5.74, 6) is -0.919. The highest BCUT2D eigenvalue weighted by Gasteiger charge is 2.41. The smallest absolute Gasteiger partial charge is 0.308 e. The molecule has 3 aromatic carbocycles. The van der Waals surface area contributed by atoms with Crippen molar-refractivity contribution in [3.05, 3.63) is 83.4 Å². The number of hydrogen-bond acceptors (Lipinski definition) is 7. The minimum Gasteiger partial charge on any atom is -0.502 e. The second kappa shape index (κ2) is 10.7. The predicted molar refractivity (Wildman–Crippen MR) is 145 cm³/mol. The molecule has 0 radical (unpaired) electrons. The van der Waals surface area contributed by atoms with Crippen LogP contribution in [0, 0.1) is 0 Å². The molecule has 8 heteroatoms. The van der Waals surface area contributed by atoms with Crippen LogP contribution < -0.4 is 14.4 Å². The van der Waals surface area contributed by atoms with E-state index in [-0.39, 0.29) is 23.7 Å². The molecule has 0 fully saturated rings. The lowest BCUT2D eigenvalue weighted by molar-refractivity contribution is -0.138. The molecule has 192 valence electrons. The first-order valence-corrected chi connectivity index (χ1v) is 11.9. The third-order valence-electron chi connectivity index (χ3n) is 6.38. The summed E-state index contributed by atoms with van der Waals surface area (Å²) in [5.41, 5.74) is 3.41. The number of carbonyl (C=O) groups is 1. The topological polar surface area (TPSA) is 104 Å². The van der Waals surface area contributed by atoms with Crippen molar-refractivity contribution in [3.63, 3.8) is 0 Å². The number of ether oxygens (including phenoxy) is 2. The summed E-state index contributed by atoms with van der Waals surface area (Å²) in [7, 11) is 6.79. The molecule has 4 rings (SSSR count). The van der Waals surface area contributed by atoms with Crippen LogP contribution in [0.25, 0.3) is 0 Å². The van der Waals surface area contributed by atoms with Crippen LogP contribution in [0.1, 0.15) is 29.5 Å². The summed E-state index contributed by atoms with van der Waals surface area (Å²) >= 11 is 0. The van der Waals surface area contributed by atoms with Gasteiger partial charge in [0.25, 0.3) is 0 Å². The SMILES string of the molecule is COc1cc(C2(CC(=O)O)N=C(CCc3ccccc3)C(c3ccc(N(C)C)cc3)=N2)cc(OC)c1O. The normalized spacial score (nSPS) is 16.6. The van der Waals surface area contributed by atoms with Gasteiger partial charge >= 0.3 is 5.97 Å². The summed E-state index contributed by atoms with van der Waals surface area (Å²) in [6, 6.07) is 21.1. The highest BCUT2D eigenvalue weighted by atomic mass is 16.5. The summed E-state index contributed by atoms with van der Waals surface area (Å²) in [6.45, 7) is 0. The lowest BCUT2D eigenvalue weighted by Crippen LogP contribution is -2.24. The fourth-order valence-electron chi connectivity index (χ4n) is 4.43. The standard InChI is InChI=1S/C29H31N3O5/c1-32(2)22-13-11-20(12-14-22)27-23(15-10-19-8-6-5-7-9-19)30-29(31-27,18-26(33)34)21-16-24(36-3)28(35)25(17-21)37-4/h5-9,11-14,16-17,35H,10,15,18H2,1-4H3,(H,33,34). The first kappa shape index (κ1) is 25.8. The number of phenols is 1. The van der Waals surface area contributed by atoms with E-state index < -0.39 is 11.6 Å². The number of aromatic hydroxyl groups is 1. The van der Waals surface area contributed by atoms with Crippen LogP contribution in [0.5, 0.6) is 17.2 Å². The zero-order valence-corrected chi connectivity index (χ0v) is 21.4. The van der Waals surface area contributed by atoms with Crippen molar-refractivity contribution >= 4 is 23.1 Å². The summed E-state index contributed by atoms with van der Waals surface area (Å²) in [4.78, 5) is 24.1. The van der Waals surface area contributed by atoms with Gasteiger partial charge in [-0.2, -0.15) is 0 Å². The third-order valence-corrected chi connectivity index (χ3v) is 6.38. The quantitative estimate of drug-likeness (QED) is 0.418. The van der Waals surface area contributed by atoms with E-state index in [1.807, 2.05) is 61.5 Å². The molecular weight excluding hydrogens is 470 g/mol. The van der Waals surface area contributed by atoms with Crippen molar-refractivity contribution in [2.75, 3.05) is 33.2 Å². The number of carboxylic acid groups (broad SMARTS) is 1. The molecule has 1 heterocycles. The van der Waals surface area contributed by atoms with Gasteiger partial charge in [-0.05, 0) is 42.7 Å². The average Bonchev–Trinajstić information content (AvgIpc) is 3.27. The Morgan fingerprint density at radius 3 is 2.08 bits per heavy atom. The van der Waals surface area contributed by atoms with Crippen molar-refractivity contribution in [1.82, 2.24) is 0 Å². The molecule has 1 unspecified atom stereocenters. The van der Waals surface area contributed by atoms with Gasteiger partial charge in [-0.15, -0.1) is 0 Å².